The van der Waals surface area contributed by atoms with Crippen LogP contribution in [0.15, 0.2) is 23.4 Å². The number of carbonyl (C=O) groups is 1. The molecular formula is C17H22N4O3S. The SMILES string of the molecule is COc1ccc(OC)c(NC(=O)CSc2nnc3n2CCCCC3)c1. The fourth-order valence-corrected chi connectivity index (χ4v) is 3.58. The Morgan fingerprint density at radius 1 is 1.24 bits per heavy atom. The molecule has 2 aromatic rings. The normalized spacial score (nSPS) is 13.7. The number of methoxy groups -OCH3 is 2. The summed E-state index contributed by atoms with van der Waals surface area (Å²) in [5, 5.41) is 12.2. The average molecular weight is 362 g/mol. The number of benzene rings is 1. The lowest BCUT2D eigenvalue weighted by Gasteiger charge is -2.11. The first-order chi connectivity index (χ1) is 12.2. The van der Waals surface area contributed by atoms with E-state index in [4.69, 9.17) is 9.47 Å². The highest BCUT2D eigenvalue weighted by Crippen LogP contribution is 2.29. The zero-order valence-corrected chi connectivity index (χ0v) is 15.3. The van der Waals surface area contributed by atoms with Gasteiger partial charge in [-0.2, -0.15) is 0 Å². The molecule has 1 N–H and O–H groups in total. The fraction of sp³-hybridized carbons (Fsp3) is 0.471. The summed E-state index contributed by atoms with van der Waals surface area (Å²) in [6.07, 6.45) is 4.45. The van der Waals surface area contributed by atoms with Crippen molar-refractivity contribution in [1.29, 1.82) is 0 Å². The van der Waals surface area contributed by atoms with Crippen LogP contribution in [-0.2, 0) is 17.8 Å². The molecule has 0 spiro atoms. The first-order valence-corrected chi connectivity index (χ1v) is 9.26. The lowest BCUT2D eigenvalue weighted by atomic mass is 10.2. The summed E-state index contributed by atoms with van der Waals surface area (Å²) in [5.41, 5.74) is 0.590. The van der Waals surface area contributed by atoms with E-state index < -0.39 is 0 Å². The molecule has 0 saturated heterocycles. The van der Waals surface area contributed by atoms with Crippen LogP contribution in [0, 0.1) is 0 Å². The molecule has 1 aliphatic heterocycles. The van der Waals surface area contributed by atoms with Crippen LogP contribution < -0.4 is 14.8 Å². The molecule has 0 bridgehead atoms. The maximum atomic E-state index is 12.3. The minimum atomic E-state index is -0.123. The standard InChI is InChI=1S/C17H22N4O3S/c1-23-12-7-8-14(24-2)13(10-12)18-16(22)11-25-17-20-19-15-6-4-3-5-9-21(15)17/h7-8,10H,3-6,9,11H2,1-2H3,(H,18,22). The zero-order valence-electron chi connectivity index (χ0n) is 14.4. The van der Waals surface area contributed by atoms with Crippen LogP contribution in [0.25, 0.3) is 0 Å². The number of carbonyl (C=O) groups excluding carboxylic acids is 1. The summed E-state index contributed by atoms with van der Waals surface area (Å²) >= 11 is 1.41. The maximum Gasteiger partial charge on any atom is 0.234 e. The Hall–Kier alpha value is -2.22. The van der Waals surface area contributed by atoms with Gasteiger partial charge in [0.1, 0.15) is 17.3 Å². The molecular weight excluding hydrogens is 340 g/mol. The smallest absolute Gasteiger partial charge is 0.234 e. The number of aromatic nitrogens is 3. The molecule has 1 aromatic carbocycles. The summed E-state index contributed by atoms with van der Waals surface area (Å²) in [7, 11) is 3.15. The van der Waals surface area contributed by atoms with Crippen molar-refractivity contribution in [2.75, 3.05) is 25.3 Å². The van der Waals surface area contributed by atoms with Gasteiger partial charge in [-0.05, 0) is 25.0 Å². The van der Waals surface area contributed by atoms with E-state index in [1.165, 1.54) is 18.2 Å². The van der Waals surface area contributed by atoms with Crippen LogP contribution in [0.1, 0.15) is 25.1 Å². The second-order valence-electron chi connectivity index (χ2n) is 5.76. The van der Waals surface area contributed by atoms with E-state index in [1.807, 2.05) is 0 Å². The number of thioether (sulfide) groups is 1. The molecule has 0 unspecified atom stereocenters. The molecule has 0 atom stereocenters. The van der Waals surface area contributed by atoms with Crippen molar-refractivity contribution < 1.29 is 14.3 Å². The van der Waals surface area contributed by atoms with Crippen LogP contribution in [-0.4, -0.2) is 40.6 Å². The van der Waals surface area contributed by atoms with E-state index in [-0.39, 0.29) is 11.7 Å². The van der Waals surface area contributed by atoms with Crippen molar-refractivity contribution in [1.82, 2.24) is 14.8 Å². The Kier molecular flexibility index (Phi) is 5.80. The van der Waals surface area contributed by atoms with Gasteiger partial charge in [-0.1, -0.05) is 18.2 Å². The molecule has 3 rings (SSSR count). The van der Waals surface area contributed by atoms with Gasteiger partial charge in [0.15, 0.2) is 5.16 Å². The topological polar surface area (TPSA) is 78.3 Å². The Morgan fingerprint density at radius 2 is 2.12 bits per heavy atom. The van der Waals surface area contributed by atoms with Gasteiger partial charge in [-0.3, -0.25) is 4.79 Å². The van der Waals surface area contributed by atoms with Gasteiger partial charge < -0.3 is 19.4 Å². The van der Waals surface area contributed by atoms with Crippen LogP contribution in [0.2, 0.25) is 0 Å². The largest absolute Gasteiger partial charge is 0.497 e. The number of anilines is 1. The monoisotopic (exact) mass is 362 g/mol. The van der Waals surface area contributed by atoms with Crippen molar-refractivity contribution in [3.05, 3.63) is 24.0 Å². The molecule has 2 heterocycles. The van der Waals surface area contributed by atoms with Gasteiger partial charge in [0, 0.05) is 19.0 Å². The van der Waals surface area contributed by atoms with E-state index in [0.717, 1.165) is 36.8 Å². The predicted octanol–water partition coefficient (Wildman–Crippen LogP) is 2.75. The molecule has 0 saturated carbocycles. The number of aryl methyl sites for hydroxylation is 1. The van der Waals surface area contributed by atoms with Gasteiger partial charge in [-0.15, -0.1) is 10.2 Å². The quantitative estimate of drug-likeness (QED) is 0.796. The molecule has 1 aliphatic rings. The third-order valence-electron chi connectivity index (χ3n) is 4.09. The van der Waals surface area contributed by atoms with Crippen molar-refractivity contribution in [2.45, 2.75) is 37.4 Å². The summed E-state index contributed by atoms with van der Waals surface area (Å²) in [4.78, 5) is 12.3. The number of ether oxygens (including phenoxy) is 2. The maximum absolute atomic E-state index is 12.3. The first kappa shape index (κ1) is 17.6. The molecule has 0 aliphatic carbocycles. The van der Waals surface area contributed by atoms with E-state index in [9.17, 15) is 4.79 Å². The number of hydrogen-bond acceptors (Lipinski definition) is 6. The molecule has 0 radical (unpaired) electrons. The number of hydrogen-bond donors (Lipinski definition) is 1. The van der Waals surface area contributed by atoms with Crippen molar-refractivity contribution in [2.24, 2.45) is 0 Å². The highest BCUT2D eigenvalue weighted by atomic mass is 32.2. The number of nitrogens with one attached hydrogen (secondary N) is 1. The van der Waals surface area contributed by atoms with Crippen LogP contribution >= 0.6 is 11.8 Å². The molecule has 1 aromatic heterocycles. The van der Waals surface area contributed by atoms with Gasteiger partial charge in [0.25, 0.3) is 0 Å². The number of nitrogens with zero attached hydrogens (tertiary/aromatic N) is 3. The van der Waals surface area contributed by atoms with Gasteiger partial charge >= 0.3 is 0 Å². The number of rotatable bonds is 6. The second-order valence-corrected chi connectivity index (χ2v) is 6.71. The molecule has 7 nitrogen and oxygen atoms in total. The predicted molar refractivity (Wildman–Crippen MR) is 96.5 cm³/mol. The van der Waals surface area contributed by atoms with Crippen molar-refractivity contribution in [3.8, 4) is 11.5 Å². The third-order valence-corrected chi connectivity index (χ3v) is 5.06. The van der Waals surface area contributed by atoms with E-state index in [2.05, 4.69) is 20.1 Å². The average Bonchev–Trinajstić information content (AvgIpc) is 2.86. The van der Waals surface area contributed by atoms with Crippen LogP contribution in [0.4, 0.5) is 5.69 Å². The molecule has 134 valence electrons. The van der Waals surface area contributed by atoms with Crippen molar-refractivity contribution >= 4 is 23.4 Å². The summed E-state index contributed by atoms with van der Waals surface area (Å²) in [6.45, 7) is 0.927. The number of fused-ring (bicyclic) bond motifs is 1. The summed E-state index contributed by atoms with van der Waals surface area (Å²) < 4.78 is 12.6. The van der Waals surface area contributed by atoms with Crippen LogP contribution in [0.5, 0.6) is 11.5 Å². The molecule has 8 heteroatoms. The first-order valence-electron chi connectivity index (χ1n) is 8.28. The lowest BCUT2D eigenvalue weighted by molar-refractivity contribution is -0.113. The Labute approximate surface area is 151 Å². The molecule has 25 heavy (non-hydrogen) atoms. The Balaban J connectivity index is 1.63. The second kappa shape index (κ2) is 8.24. The summed E-state index contributed by atoms with van der Waals surface area (Å²) in [5.74, 6) is 2.41. The lowest BCUT2D eigenvalue weighted by Crippen LogP contribution is -2.15. The minimum absolute atomic E-state index is 0.123. The van der Waals surface area contributed by atoms with Crippen molar-refractivity contribution in [3.63, 3.8) is 0 Å². The van der Waals surface area contributed by atoms with Gasteiger partial charge in [-0.25, -0.2) is 0 Å². The Morgan fingerprint density at radius 3 is 2.92 bits per heavy atom. The Bertz CT molecular complexity index is 747. The van der Waals surface area contributed by atoms with E-state index >= 15 is 0 Å². The minimum Gasteiger partial charge on any atom is -0.497 e. The van der Waals surface area contributed by atoms with E-state index in [1.54, 1.807) is 32.4 Å². The zero-order chi connectivity index (χ0) is 17.6. The highest BCUT2D eigenvalue weighted by Gasteiger charge is 2.16. The van der Waals surface area contributed by atoms with Gasteiger partial charge in [0.2, 0.25) is 5.91 Å². The van der Waals surface area contributed by atoms with Crippen LogP contribution in [0.3, 0.4) is 0 Å². The summed E-state index contributed by atoms with van der Waals surface area (Å²) in [6, 6.07) is 5.29. The fourth-order valence-electron chi connectivity index (χ4n) is 2.79. The van der Waals surface area contributed by atoms with E-state index in [0.29, 0.717) is 17.2 Å². The highest BCUT2D eigenvalue weighted by molar-refractivity contribution is 7.99. The molecule has 1 amide bonds. The number of amides is 1. The van der Waals surface area contributed by atoms with Gasteiger partial charge in [0.05, 0.1) is 25.7 Å². The third kappa shape index (κ3) is 4.25. The molecule has 0 fully saturated rings.